The molecule has 112 valence electrons. The van der Waals surface area contributed by atoms with Gasteiger partial charge in [-0.25, -0.2) is 9.59 Å². The van der Waals surface area contributed by atoms with Crippen LogP contribution in [0.3, 0.4) is 0 Å². The summed E-state index contributed by atoms with van der Waals surface area (Å²) < 4.78 is 10.4. The first-order valence-electron chi connectivity index (χ1n) is 5.82. The van der Waals surface area contributed by atoms with Crippen LogP contribution in [-0.2, 0) is 9.47 Å². The zero-order chi connectivity index (χ0) is 15.1. The number of aliphatic hydroxyl groups excluding tert-OH is 1. The molecule has 2 rings (SSSR count). The van der Waals surface area contributed by atoms with Crippen LogP contribution in [0.2, 0.25) is 0 Å². The minimum absolute atomic E-state index is 0.0470. The molecule has 9 heteroatoms. The first-order chi connectivity index (χ1) is 9.47. The summed E-state index contributed by atoms with van der Waals surface area (Å²) in [5, 5.41) is 16.4. The summed E-state index contributed by atoms with van der Waals surface area (Å²) in [6.07, 6.45) is 0.945. The molecular formula is C11H16N2O7. The van der Waals surface area contributed by atoms with Crippen molar-refractivity contribution < 1.29 is 24.5 Å². The second kappa shape index (κ2) is 7.46. The van der Waals surface area contributed by atoms with E-state index in [1.807, 2.05) is 0 Å². The number of aliphatic hydroxyl groups is 1. The van der Waals surface area contributed by atoms with Crippen LogP contribution in [0.1, 0.15) is 19.1 Å². The summed E-state index contributed by atoms with van der Waals surface area (Å²) in [7, 11) is 1.10. The molecule has 1 unspecified atom stereocenters. The molecule has 2 atom stereocenters. The number of aromatic nitrogens is 2. The Labute approximate surface area is 113 Å². The van der Waals surface area contributed by atoms with Crippen LogP contribution in [0.15, 0.2) is 21.9 Å². The Balaban J connectivity index is 0.000000347. The van der Waals surface area contributed by atoms with Crippen molar-refractivity contribution in [1.82, 2.24) is 9.55 Å². The van der Waals surface area contributed by atoms with Gasteiger partial charge < -0.3 is 19.7 Å². The Morgan fingerprint density at radius 1 is 1.55 bits per heavy atom. The van der Waals surface area contributed by atoms with E-state index < -0.39 is 17.4 Å². The van der Waals surface area contributed by atoms with Crippen molar-refractivity contribution in [2.75, 3.05) is 13.7 Å². The van der Waals surface area contributed by atoms with Gasteiger partial charge in [0.25, 0.3) is 5.56 Å². The molecular weight excluding hydrogens is 272 g/mol. The molecule has 1 aromatic rings. The third-order valence-electron chi connectivity index (χ3n) is 2.62. The lowest BCUT2D eigenvalue weighted by Crippen LogP contribution is -2.31. The number of aromatic amines is 1. The minimum atomic E-state index is -1.25. The minimum Gasteiger partial charge on any atom is -0.450 e. The summed E-state index contributed by atoms with van der Waals surface area (Å²) >= 11 is 0. The van der Waals surface area contributed by atoms with Crippen LogP contribution in [0.5, 0.6) is 0 Å². The number of rotatable bonds is 2. The highest BCUT2D eigenvalue weighted by Gasteiger charge is 2.26. The summed E-state index contributed by atoms with van der Waals surface area (Å²) in [6, 6.07) is 1.27. The van der Waals surface area contributed by atoms with Gasteiger partial charge in [0.05, 0.1) is 19.8 Å². The number of nitrogens with zero attached hydrogens (tertiary/aromatic N) is 1. The summed E-state index contributed by atoms with van der Waals surface area (Å²) in [5.41, 5.74) is -0.904. The topological polar surface area (TPSA) is 131 Å². The number of ether oxygens (including phenoxy) is 2. The quantitative estimate of drug-likeness (QED) is 0.626. The summed E-state index contributed by atoms with van der Waals surface area (Å²) in [6.45, 7) is -0.0470. The lowest BCUT2D eigenvalue weighted by molar-refractivity contribution is -0.0246. The smallest absolute Gasteiger partial charge is 0.450 e. The van der Waals surface area contributed by atoms with Gasteiger partial charge in [-0.3, -0.25) is 14.3 Å². The largest absolute Gasteiger partial charge is 0.505 e. The first kappa shape index (κ1) is 15.9. The van der Waals surface area contributed by atoms with Crippen molar-refractivity contribution in [2.24, 2.45) is 0 Å². The number of carbonyl (C=O) groups is 1. The molecule has 0 saturated carbocycles. The van der Waals surface area contributed by atoms with Gasteiger partial charge in [0.1, 0.15) is 6.23 Å². The van der Waals surface area contributed by atoms with Crippen molar-refractivity contribution in [3.8, 4) is 0 Å². The van der Waals surface area contributed by atoms with Gasteiger partial charge in [-0.2, -0.15) is 0 Å². The number of nitrogens with one attached hydrogen (secondary N) is 1. The van der Waals surface area contributed by atoms with E-state index in [9.17, 15) is 9.59 Å². The molecule has 20 heavy (non-hydrogen) atoms. The average molecular weight is 288 g/mol. The molecule has 1 saturated heterocycles. The molecule has 0 bridgehead atoms. The van der Waals surface area contributed by atoms with E-state index in [0.717, 1.165) is 7.11 Å². The Morgan fingerprint density at radius 3 is 2.65 bits per heavy atom. The zero-order valence-electron chi connectivity index (χ0n) is 10.8. The average Bonchev–Trinajstić information content (AvgIpc) is 2.88. The van der Waals surface area contributed by atoms with E-state index in [1.165, 1.54) is 16.8 Å². The third-order valence-corrected chi connectivity index (χ3v) is 2.62. The molecule has 0 spiro atoms. The van der Waals surface area contributed by atoms with E-state index in [1.54, 1.807) is 0 Å². The maximum absolute atomic E-state index is 11.4. The van der Waals surface area contributed by atoms with Gasteiger partial charge in [0.2, 0.25) is 0 Å². The van der Waals surface area contributed by atoms with Crippen LogP contribution in [0.25, 0.3) is 0 Å². The van der Waals surface area contributed by atoms with Crippen LogP contribution in [0, 0.1) is 0 Å². The van der Waals surface area contributed by atoms with Gasteiger partial charge >= 0.3 is 11.8 Å². The van der Waals surface area contributed by atoms with Crippen LogP contribution < -0.4 is 11.2 Å². The Bertz CT molecular complexity index is 550. The van der Waals surface area contributed by atoms with Gasteiger partial charge in [-0.15, -0.1) is 0 Å². The molecule has 2 heterocycles. The fourth-order valence-corrected chi connectivity index (χ4v) is 1.68. The van der Waals surface area contributed by atoms with E-state index in [0.29, 0.717) is 12.8 Å². The first-order valence-corrected chi connectivity index (χ1v) is 5.82. The molecule has 0 amide bonds. The highest BCUT2D eigenvalue weighted by atomic mass is 16.6. The zero-order valence-corrected chi connectivity index (χ0v) is 10.8. The summed E-state index contributed by atoms with van der Waals surface area (Å²) in [5.74, 6) is 0. The number of methoxy groups -OCH3 is 1. The fourth-order valence-electron chi connectivity index (χ4n) is 1.68. The van der Waals surface area contributed by atoms with Gasteiger partial charge in [-0.05, 0) is 12.8 Å². The normalized spacial score (nSPS) is 20.9. The second-order valence-electron chi connectivity index (χ2n) is 3.96. The van der Waals surface area contributed by atoms with Crippen LogP contribution in [0.4, 0.5) is 4.79 Å². The SMILES string of the molecule is COC(=O)O.O=c1ccn(C2CC[C@@H](CO)O2)c(=O)[nH]1. The van der Waals surface area contributed by atoms with E-state index in [2.05, 4.69) is 9.72 Å². The maximum atomic E-state index is 11.4. The molecule has 0 aromatic carbocycles. The molecule has 9 nitrogen and oxygen atoms in total. The number of carboxylic acid groups (broad SMARTS) is 1. The lowest BCUT2D eigenvalue weighted by Gasteiger charge is -2.13. The third kappa shape index (κ3) is 4.52. The van der Waals surface area contributed by atoms with E-state index in [4.69, 9.17) is 19.7 Å². The van der Waals surface area contributed by atoms with E-state index >= 15 is 0 Å². The van der Waals surface area contributed by atoms with Crippen molar-refractivity contribution in [1.29, 1.82) is 0 Å². The molecule has 1 fully saturated rings. The predicted molar refractivity (Wildman–Crippen MR) is 66.6 cm³/mol. The predicted octanol–water partition coefficient (Wildman–Crippen LogP) is -0.483. The van der Waals surface area contributed by atoms with Gasteiger partial charge in [-0.1, -0.05) is 0 Å². The van der Waals surface area contributed by atoms with Crippen LogP contribution >= 0.6 is 0 Å². The lowest BCUT2D eigenvalue weighted by atomic mass is 10.2. The van der Waals surface area contributed by atoms with Crippen molar-refractivity contribution >= 4 is 6.16 Å². The van der Waals surface area contributed by atoms with Gasteiger partial charge in [0, 0.05) is 12.3 Å². The Kier molecular flexibility index (Phi) is 5.94. The van der Waals surface area contributed by atoms with E-state index in [-0.39, 0.29) is 18.9 Å². The molecule has 1 aromatic heterocycles. The van der Waals surface area contributed by atoms with Crippen LogP contribution in [-0.4, -0.2) is 45.7 Å². The van der Waals surface area contributed by atoms with Gasteiger partial charge in [0.15, 0.2) is 0 Å². The molecule has 1 aliphatic heterocycles. The van der Waals surface area contributed by atoms with Crippen molar-refractivity contribution in [3.05, 3.63) is 33.1 Å². The second-order valence-corrected chi connectivity index (χ2v) is 3.96. The summed E-state index contributed by atoms with van der Waals surface area (Å²) in [4.78, 5) is 33.5. The molecule has 1 aliphatic rings. The number of H-pyrrole nitrogens is 1. The molecule has 0 radical (unpaired) electrons. The maximum Gasteiger partial charge on any atom is 0.505 e. The molecule has 0 aliphatic carbocycles. The highest BCUT2D eigenvalue weighted by Crippen LogP contribution is 2.26. The van der Waals surface area contributed by atoms with Crippen molar-refractivity contribution in [2.45, 2.75) is 25.2 Å². The Hall–Kier alpha value is -2.13. The Morgan fingerprint density at radius 2 is 2.20 bits per heavy atom. The van der Waals surface area contributed by atoms with Crippen molar-refractivity contribution in [3.63, 3.8) is 0 Å². The fraction of sp³-hybridized carbons (Fsp3) is 0.545. The number of hydrogen-bond donors (Lipinski definition) is 3. The standard InChI is InChI=1S/C9H12N2O4.C2H4O3/c12-5-6-1-2-8(15-6)11-4-3-7(13)10-9(11)14;1-5-2(3)4/h3-4,6,8,12H,1-2,5H2,(H,10,13,14);1H3,(H,3,4)/t6-,8?;/m0./s1. The molecule has 3 N–H and O–H groups in total. The highest BCUT2D eigenvalue weighted by molar-refractivity contribution is 5.56. The number of hydrogen-bond acceptors (Lipinski definition) is 6. The monoisotopic (exact) mass is 288 g/mol.